The van der Waals surface area contributed by atoms with Crippen LogP contribution in [0.2, 0.25) is 0 Å². The third-order valence-corrected chi connectivity index (χ3v) is 5.58. The van der Waals surface area contributed by atoms with E-state index in [9.17, 15) is 9.59 Å². The lowest BCUT2D eigenvalue weighted by Gasteiger charge is -2.28. The monoisotopic (exact) mass is 427 g/mol. The smallest absolute Gasteiger partial charge is 0.291 e. The highest BCUT2D eigenvalue weighted by molar-refractivity contribution is 6.04. The number of nitrogens with one attached hydrogen (secondary N) is 2. The van der Waals surface area contributed by atoms with Crippen LogP contribution in [0.15, 0.2) is 59.0 Å². The molecule has 0 atom stereocenters. The van der Waals surface area contributed by atoms with Crippen LogP contribution in [0.4, 0.5) is 5.69 Å². The van der Waals surface area contributed by atoms with Crippen LogP contribution in [-0.2, 0) is 11.2 Å². The van der Waals surface area contributed by atoms with Gasteiger partial charge in [-0.05, 0) is 42.7 Å². The van der Waals surface area contributed by atoms with Gasteiger partial charge in [0.05, 0.1) is 12.0 Å². The Bertz CT molecular complexity index is 991. The van der Waals surface area contributed by atoms with Gasteiger partial charge in [-0.1, -0.05) is 43.2 Å². The fourth-order valence-electron chi connectivity index (χ4n) is 3.95. The lowest BCUT2D eigenvalue weighted by Crippen LogP contribution is -2.52. The normalized spacial score (nSPS) is 14.8. The van der Waals surface area contributed by atoms with Crippen molar-refractivity contribution in [3.05, 3.63) is 65.9 Å². The SMILES string of the molecule is Cl.NCC1(NC(=O)Cc2ccc(NC(=O)c3cc4ccccc4o3)cc2)CCCC1. The number of anilines is 1. The molecular weight excluding hydrogens is 402 g/mol. The number of benzene rings is 2. The number of halogens is 1. The molecule has 2 amide bonds. The second-order valence-corrected chi connectivity index (χ2v) is 7.72. The van der Waals surface area contributed by atoms with Crippen molar-refractivity contribution in [3.63, 3.8) is 0 Å². The zero-order chi connectivity index (χ0) is 20.3. The van der Waals surface area contributed by atoms with Gasteiger partial charge in [-0.3, -0.25) is 9.59 Å². The summed E-state index contributed by atoms with van der Waals surface area (Å²) in [6.45, 7) is 0.478. The number of carbonyl (C=O) groups excluding carboxylic acids is 2. The third kappa shape index (κ3) is 4.83. The van der Waals surface area contributed by atoms with Crippen LogP contribution in [0.1, 0.15) is 41.8 Å². The van der Waals surface area contributed by atoms with E-state index in [0.717, 1.165) is 36.6 Å². The topological polar surface area (TPSA) is 97.4 Å². The van der Waals surface area contributed by atoms with Gasteiger partial charge in [0.1, 0.15) is 5.58 Å². The highest BCUT2D eigenvalue weighted by atomic mass is 35.5. The van der Waals surface area contributed by atoms with Gasteiger partial charge in [0.2, 0.25) is 5.91 Å². The van der Waals surface area contributed by atoms with E-state index in [1.165, 1.54) is 0 Å². The second kappa shape index (κ2) is 9.32. The Morgan fingerprint density at radius 2 is 1.73 bits per heavy atom. The molecular formula is C23H26ClN3O3. The third-order valence-electron chi connectivity index (χ3n) is 5.58. The molecule has 158 valence electrons. The largest absolute Gasteiger partial charge is 0.451 e. The highest BCUT2D eigenvalue weighted by Crippen LogP contribution is 2.28. The van der Waals surface area contributed by atoms with E-state index in [2.05, 4.69) is 10.6 Å². The maximum absolute atomic E-state index is 12.4. The molecule has 2 aromatic carbocycles. The van der Waals surface area contributed by atoms with Crippen LogP contribution < -0.4 is 16.4 Å². The van der Waals surface area contributed by atoms with E-state index in [-0.39, 0.29) is 35.5 Å². The summed E-state index contributed by atoms with van der Waals surface area (Å²) in [5, 5.41) is 6.83. The van der Waals surface area contributed by atoms with Gasteiger partial charge in [0, 0.05) is 17.6 Å². The van der Waals surface area contributed by atoms with Crippen molar-refractivity contribution in [2.45, 2.75) is 37.6 Å². The number of fused-ring (bicyclic) bond motifs is 1. The van der Waals surface area contributed by atoms with Crippen LogP contribution in [0.5, 0.6) is 0 Å². The number of hydrogen-bond acceptors (Lipinski definition) is 4. The number of furan rings is 1. The first-order valence-electron chi connectivity index (χ1n) is 9.97. The summed E-state index contributed by atoms with van der Waals surface area (Å²) in [6, 6.07) is 16.5. The lowest BCUT2D eigenvalue weighted by atomic mass is 9.97. The maximum Gasteiger partial charge on any atom is 0.291 e. The predicted molar refractivity (Wildman–Crippen MR) is 120 cm³/mol. The molecule has 4 N–H and O–H groups in total. The van der Waals surface area contributed by atoms with E-state index >= 15 is 0 Å². The van der Waals surface area contributed by atoms with Crippen molar-refractivity contribution >= 4 is 40.9 Å². The standard InChI is InChI=1S/C23H25N3O3.ClH/c24-15-23(11-3-4-12-23)26-21(27)13-16-7-9-18(10-8-16)25-22(28)20-14-17-5-1-2-6-19(17)29-20;/h1-2,5-10,14H,3-4,11-13,15,24H2,(H,25,28)(H,26,27);1H. The summed E-state index contributed by atoms with van der Waals surface area (Å²) in [5.41, 5.74) is 7.86. The van der Waals surface area contributed by atoms with Gasteiger partial charge in [-0.2, -0.15) is 0 Å². The molecule has 3 aromatic rings. The molecule has 1 heterocycles. The Hall–Kier alpha value is -2.83. The summed E-state index contributed by atoms with van der Waals surface area (Å²) < 4.78 is 5.59. The van der Waals surface area contributed by atoms with Crippen molar-refractivity contribution in [3.8, 4) is 0 Å². The molecule has 0 spiro atoms. The number of hydrogen-bond donors (Lipinski definition) is 3. The lowest BCUT2D eigenvalue weighted by molar-refractivity contribution is -0.122. The van der Waals surface area contributed by atoms with Crippen molar-refractivity contribution in [2.24, 2.45) is 5.73 Å². The molecule has 30 heavy (non-hydrogen) atoms. The Kier molecular flexibility index (Phi) is 6.80. The van der Waals surface area contributed by atoms with Crippen LogP contribution >= 0.6 is 12.4 Å². The Labute approximate surface area is 181 Å². The summed E-state index contributed by atoms with van der Waals surface area (Å²) in [5.74, 6) is -0.0625. The fraction of sp³-hybridized carbons (Fsp3) is 0.304. The van der Waals surface area contributed by atoms with Gasteiger partial charge in [0.15, 0.2) is 5.76 Å². The Balaban J connectivity index is 0.00000256. The fourth-order valence-corrected chi connectivity index (χ4v) is 3.95. The molecule has 4 rings (SSSR count). The van der Waals surface area contributed by atoms with E-state index in [0.29, 0.717) is 24.2 Å². The van der Waals surface area contributed by atoms with Gasteiger partial charge in [-0.15, -0.1) is 12.4 Å². The summed E-state index contributed by atoms with van der Waals surface area (Å²) in [4.78, 5) is 24.8. The zero-order valence-electron chi connectivity index (χ0n) is 16.6. The first-order chi connectivity index (χ1) is 14.1. The van der Waals surface area contributed by atoms with E-state index in [1.54, 1.807) is 18.2 Å². The molecule has 0 aliphatic heterocycles. The zero-order valence-corrected chi connectivity index (χ0v) is 17.5. The number of para-hydroxylation sites is 1. The molecule has 1 aliphatic rings. The number of nitrogens with two attached hydrogens (primary N) is 1. The van der Waals surface area contributed by atoms with Crippen molar-refractivity contribution in [2.75, 3.05) is 11.9 Å². The van der Waals surface area contributed by atoms with Gasteiger partial charge < -0.3 is 20.8 Å². The summed E-state index contributed by atoms with van der Waals surface area (Å²) in [6.07, 6.45) is 4.40. The molecule has 1 saturated carbocycles. The molecule has 1 aromatic heterocycles. The number of amides is 2. The summed E-state index contributed by atoms with van der Waals surface area (Å²) in [7, 11) is 0. The summed E-state index contributed by atoms with van der Waals surface area (Å²) >= 11 is 0. The molecule has 0 saturated heterocycles. The van der Waals surface area contributed by atoms with Crippen LogP contribution in [0, 0.1) is 0 Å². The Morgan fingerprint density at radius 1 is 1.03 bits per heavy atom. The quantitative estimate of drug-likeness (QED) is 0.553. The minimum absolute atomic E-state index is 0. The number of rotatable bonds is 6. The molecule has 0 radical (unpaired) electrons. The van der Waals surface area contributed by atoms with Crippen LogP contribution in [0.3, 0.4) is 0 Å². The van der Waals surface area contributed by atoms with Crippen molar-refractivity contribution in [1.29, 1.82) is 0 Å². The first-order valence-corrected chi connectivity index (χ1v) is 9.97. The molecule has 7 heteroatoms. The molecule has 1 aliphatic carbocycles. The molecule has 0 unspecified atom stereocenters. The minimum atomic E-state index is -0.308. The van der Waals surface area contributed by atoms with E-state index in [1.807, 2.05) is 36.4 Å². The Morgan fingerprint density at radius 3 is 2.40 bits per heavy atom. The van der Waals surface area contributed by atoms with Gasteiger partial charge in [-0.25, -0.2) is 0 Å². The first kappa shape index (κ1) is 21.9. The van der Waals surface area contributed by atoms with Gasteiger partial charge >= 0.3 is 0 Å². The predicted octanol–water partition coefficient (Wildman–Crippen LogP) is 4.04. The highest BCUT2D eigenvalue weighted by Gasteiger charge is 2.33. The average Bonchev–Trinajstić information content (AvgIpc) is 3.37. The minimum Gasteiger partial charge on any atom is -0.451 e. The van der Waals surface area contributed by atoms with E-state index < -0.39 is 0 Å². The molecule has 6 nitrogen and oxygen atoms in total. The second-order valence-electron chi connectivity index (χ2n) is 7.72. The van der Waals surface area contributed by atoms with Crippen molar-refractivity contribution < 1.29 is 14.0 Å². The van der Waals surface area contributed by atoms with Crippen molar-refractivity contribution in [1.82, 2.24) is 5.32 Å². The maximum atomic E-state index is 12.4. The molecule has 1 fully saturated rings. The van der Waals surface area contributed by atoms with Crippen LogP contribution in [-0.4, -0.2) is 23.9 Å². The van der Waals surface area contributed by atoms with Gasteiger partial charge in [0.25, 0.3) is 5.91 Å². The van der Waals surface area contributed by atoms with E-state index in [4.69, 9.17) is 10.2 Å². The van der Waals surface area contributed by atoms with Crippen LogP contribution in [0.25, 0.3) is 11.0 Å². The number of carbonyl (C=O) groups is 2. The average molecular weight is 428 g/mol. The molecule has 0 bridgehead atoms.